The minimum absolute atomic E-state index is 0.145. The molecule has 0 aromatic heterocycles. The van der Waals surface area contributed by atoms with Crippen LogP contribution in [0.3, 0.4) is 0 Å². The Kier molecular flexibility index (Phi) is 3.76. The lowest BCUT2D eigenvalue weighted by Gasteiger charge is -2.09. The van der Waals surface area contributed by atoms with Crippen LogP contribution in [-0.4, -0.2) is 46.6 Å². The number of carbonyl (C=O) groups is 2. The molecule has 22 heavy (non-hydrogen) atoms. The standard InChI is InChI=1S/C14H12N2O5S/c1-16-13(19)9(15-14(16)22-6-12(17)18)4-8-2-3-10-11(5-8)21-7-20-10/h2-5H,6-7H2,1H3,(H,17,18). The molecule has 0 atom stereocenters. The lowest BCUT2D eigenvalue weighted by molar-refractivity contribution is -0.134. The SMILES string of the molecule is CN1C(=O)C(=Cc2ccc3c(c2)OCO3)N=C1SCC(=O)O. The van der Waals surface area contributed by atoms with Crippen LogP contribution in [0.5, 0.6) is 11.5 Å². The molecular formula is C14H12N2O5S. The van der Waals surface area contributed by atoms with Crippen molar-refractivity contribution >= 4 is 34.9 Å². The molecule has 0 spiro atoms. The van der Waals surface area contributed by atoms with Crippen molar-refractivity contribution in [2.24, 2.45) is 4.99 Å². The number of hydrogen-bond donors (Lipinski definition) is 1. The maximum atomic E-state index is 12.1. The molecule has 2 aliphatic heterocycles. The predicted octanol–water partition coefficient (Wildman–Crippen LogP) is 1.40. The van der Waals surface area contributed by atoms with E-state index < -0.39 is 5.97 Å². The van der Waals surface area contributed by atoms with Gasteiger partial charge in [-0.3, -0.25) is 14.5 Å². The normalized spacial score (nSPS) is 18.0. The molecule has 0 saturated heterocycles. The molecule has 1 aromatic rings. The number of likely N-dealkylation sites (N-methyl/N-ethyl adjacent to an activating group) is 1. The highest BCUT2D eigenvalue weighted by atomic mass is 32.2. The second kappa shape index (κ2) is 5.72. The molecule has 1 aromatic carbocycles. The van der Waals surface area contributed by atoms with Crippen LogP contribution in [0.15, 0.2) is 28.9 Å². The van der Waals surface area contributed by atoms with E-state index >= 15 is 0 Å². The average molecular weight is 320 g/mol. The molecule has 0 aliphatic carbocycles. The van der Waals surface area contributed by atoms with Gasteiger partial charge >= 0.3 is 5.97 Å². The molecule has 0 saturated carbocycles. The van der Waals surface area contributed by atoms with E-state index in [2.05, 4.69) is 4.99 Å². The second-order valence-electron chi connectivity index (χ2n) is 4.58. The van der Waals surface area contributed by atoms with E-state index in [1.165, 1.54) is 4.90 Å². The Morgan fingerprint density at radius 2 is 2.23 bits per heavy atom. The number of nitrogens with zero attached hydrogens (tertiary/aromatic N) is 2. The Labute approximate surface area is 130 Å². The lowest BCUT2D eigenvalue weighted by Crippen LogP contribution is -2.26. The largest absolute Gasteiger partial charge is 0.481 e. The Balaban J connectivity index is 1.84. The summed E-state index contributed by atoms with van der Waals surface area (Å²) in [5.41, 5.74) is 1.02. The highest BCUT2D eigenvalue weighted by molar-refractivity contribution is 8.14. The van der Waals surface area contributed by atoms with Crippen molar-refractivity contribution in [3.05, 3.63) is 29.5 Å². The molecule has 0 unspecified atom stereocenters. The van der Waals surface area contributed by atoms with Gasteiger partial charge in [-0.05, 0) is 23.8 Å². The monoisotopic (exact) mass is 320 g/mol. The van der Waals surface area contributed by atoms with Crippen molar-refractivity contribution in [3.63, 3.8) is 0 Å². The molecule has 114 valence electrons. The first-order chi connectivity index (χ1) is 10.5. The number of fused-ring (bicyclic) bond motifs is 1. The smallest absolute Gasteiger partial charge is 0.313 e. The molecule has 8 heteroatoms. The molecule has 3 rings (SSSR count). The zero-order valence-corrected chi connectivity index (χ0v) is 12.4. The third-order valence-electron chi connectivity index (χ3n) is 3.05. The lowest BCUT2D eigenvalue weighted by atomic mass is 10.1. The minimum atomic E-state index is -0.957. The van der Waals surface area contributed by atoms with Gasteiger partial charge < -0.3 is 14.6 Å². The number of hydrogen-bond acceptors (Lipinski definition) is 6. The quantitative estimate of drug-likeness (QED) is 0.847. The first-order valence-corrected chi connectivity index (χ1v) is 7.36. The van der Waals surface area contributed by atoms with Gasteiger partial charge in [-0.1, -0.05) is 17.8 Å². The number of thioether (sulfide) groups is 1. The van der Waals surface area contributed by atoms with Gasteiger partial charge in [-0.25, -0.2) is 4.99 Å². The Bertz CT molecular complexity index is 713. The molecule has 0 radical (unpaired) electrons. The number of carboxylic acid groups (broad SMARTS) is 1. The number of benzene rings is 1. The zero-order chi connectivity index (χ0) is 15.7. The van der Waals surface area contributed by atoms with Gasteiger partial charge in [0, 0.05) is 7.05 Å². The van der Waals surface area contributed by atoms with Crippen LogP contribution >= 0.6 is 11.8 Å². The summed E-state index contributed by atoms with van der Waals surface area (Å²) < 4.78 is 10.5. The van der Waals surface area contributed by atoms with Gasteiger partial charge in [0.15, 0.2) is 16.7 Å². The van der Waals surface area contributed by atoms with Crippen LogP contribution in [-0.2, 0) is 9.59 Å². The molecule has 2 heterocycles. The number of carbonyl (C=O) groups excluding carboxylic acids is 1. The summed E-state index contributed by atoms with van der Waals surface area (Å²) >= 11 is 1.01. The second-order valence-corrected chi connectivity index (χ2v) is 5.53. The molecule has 1 N–H and O–H groups in total. The number of ether oxygens (including phenoxy) is 2. The minimum Gasteiger partial charge on any atom is -0.481 e. The maximum Gasteiger partial charge on any atom is 0.313 e. The molecule has 7 nitrogen and oxygen atoms in total. The number of aliphatic carboxylic acids is 1. The summed E-state index contributed by atoms with van der Waals surface area (Å²) in [4.78, 5) is 28.3. The summed E-state index contributed by atoms with van der Waals surface area (Å²) in [7, 11) is 1.57. The van der Waals surface area contributed by atoms with Crippen molar-refractivity contribution in [1.82, 2.24) is 4.90 Å². The number of aliphatic imine (C=N–C) groups is 1. The van der Waals surface area contributed by atoms with Crippen LogP contribution in [0.4, 0.5) is 0 Å². The summed E-state index contributed by atoms with van der Waals surface area (Å²) in [6, 6.07) is 5.33. The van der Waals surface area contributed by atoms with Crippen molar-refractivity contribution in [2.45, 2.75) is 0 Å². The Hall–Kier alpha value is -2.48. The van der Waals surface area contributed by atoms with Gasteiger partial charge in [-0.2, -0.15) is 0 Å². The topological polar surface area (TPSA) is 88.4 Å². The van der Waals surface area contributed by atoms with Gasteiger partial charge in [0.1, 0.15) is 5.70 Å². The summed E-state index contributed by atoms with van der Waals surface area (Å²) in [6.45, 7) is 0.186. The van der Waals surface area contributed by atoms with Crippen molar-refractivity contribution in [3.8, 4) is 11.5 Å². The molecule has 0 bridgehead atoms. The van der Waals surface area contributed by atoms with Crippen LogP contribution in [0.2, 0.25) is 0 Å². The van der Waals surface area contributed by atoms with Gasteiger partial charge in [0.2, 0.25) is 6.79 Å². The third kappa shape index (κ3) is 2.77. The van der Waals surface area contributed by atoms with Gasteiger partial charge in [0.25, 0.3) is 5.91 Å². The van der Waals surface area contributed by atoms with Crippen LogP contribution in [0, 0.1) is 0 Å². The van der Waals surface area contributed by atoms with E-state index in [4.69, 9.17) is 14.6 Å². The van der Waals surface area contributed by atoms with E-state index in [-0.39, 0.29) is 24.2 Å². The number of carboxylic acids is 1. The van der Waals surface area contributed by atoms with Gasteiger partial charge in [0.05, 0.1) is 5.75 Å². The zero-order valence-electron chi connectivity index (χ0n) is 11.6. The summed E-state index contributed by atoms with van der Waals surface area (Å²) in [5.74, 6) is -0.0866. The highest BCUT2D eigenvalue weighted by Gasteiger charge is 2.27. The first-order valence-electron chi connectivity index (χ1n) is 6.37. The molecule has 0 fully saturated rings. The summed E-state index contributed by atoms with van der Waals surface area (Å²) in [6.07, 6.45) is 1.63. The fourth-order valence-electron chi connectivity index (χ4n) is 1.99. The van der Waals surface area contributed by atoms with E-state index in [9.17, 15) is 9.59 Å². The number of amides is 1. The first kappa shape index (κ1) is 14.5. The van der Waals surface area contributed by atoms with Crippen LogP contribution in [0.25, 0.3) is 6.08 Å². The number of amidine groups is 1. The Morgan fingerprint density at radius 3 is 3.00 bits per heavy atom. The maximum absolute atomic E-state index is 12.1. The van der Waals surface area contributed by atoms with Crippen LogP contribution < -0.4 is 9.47 Å². The van der Waals surface area contributed by atoms with Gasteiger partial charge in [-0.15, -0.1) is 0 Å². The van der Waals surface area contributed by atoms with Crippen LogP contribution in [0.1, 0.15) is 5.56 Å². The predicted molar refractivity (Wildman–Crippen MR) is 80.8 cm³/mol. The van der Waals surface area contributed by atoms with E-state index in [1.54, 1.807) is 31.3 Å². The summed E-state index contributed by atoms with van der Waals surface area (Å²) in [5, 5.41) is 9.07. The number of rotatable bonds is 3. The molecular weight excluding hydrogens is 308 g/mol. The van der Waals surface area contributed by atoms with E-state index in [0.717, 1.165) is 17.3 Å². The third-order valence-corrected chi connectivity index (χ3v) is 4.07. The molecule has 1 amide bonds. The Morgan fingerprint density at radius 1 is 1.45 bits per heavy atom. The average Bonchev–Trinajstić information content (AvgIpc) is 3.05. The van der Waals surface area contributed by atoms with E-state index in [0.29, 0.717) is 16.7 Å². The van der Waals surface area contributed by atoms with Crippen molar-refractivity contribution in [2.75, 3.05) is 19.6 Å². The van der Waals surface area contributed by atoms with Crippen molar-refractivity contribution in [1.29, 1.82) is 0 Å². The van der Waals surface area contributed by atoms with Crippen molar-refractivity contribution < 1.29 is 24.2 Å². The fraction of sp³-hybridized carbons (Fsp3) is 0.214. The van der Waals surface area contributed by atoms with E-state index in [1.807, 2.05) is 0 Å². The fourth-order valence-corrected chi connectivity index (χ4v) is 2.69. The highest BCUT2D eigenvalue weighted by Crippen LogP contribution is 2.33. The molecule has 2 aliphatic rings.